The highest BCUT2D eigenvalue weighted by Gasteiger charge is 2.17. The maximum Gasteiger partial charge on any atom is 0.259 e. The molecule has 2 aromatic rings. The Hall–Kier alpha value is -2.40. The summed E-state index contributed by atoms with van der Waals surface area (Å²) in [6, 6.07) is 10.8. The summed E-state index contributed by atoms with van der Waals surface area (Å²) in [5.41, 5.74) is 6.93. The average molecular weight is 271 g/mol. The zero-order chi connectivity index (χ0) is 14.4. The number of carbonyl (C=O) groups excluding carboxylic acids is 1. The third-order valence-electron chi connectivity index (χ3n) is 2.89. The molecule has 5 nitrogen and oxygen atoms in total. The first kappa shape index (κ1) is 14.0. The van der Waals surface area contributed by atoms with E-state index in [0.717, 1.165) is 11.4 Å². The van der Waals surface area contributed by atoms with Crippen molar-refractivity contribution in [3.05, 3.63) is 54.4 Å². The second-order valence-electron chi connectivity index (χ2n) is 4.19. The molecule has 0 saturated heterocycles. The molecule has 0 radical (unpaired) electrons. The van der Waals surface area contributed by atoms with Gasteiger partial charge < -0.3 is 15.4 Å². The standard InChI is InChI=1S/C15H17N3O2/c1-20-14-6-4-13(5-7-14)18(10-8-16)15(19)12-3-2-9-17-11-12/h2-7,9,11H,8,10,16H2,1H3. The van der Waals surface area contributed by atoms with E-state index in [1.165, 1.54) is 0 Å². The minimum atomic E-state index is -0.117. The normalized spacial score (nSPS) is 10.1. The summed E-state index contributed by atoms with van der Waals surface area (Å²) >= 11 is 0. The molecule has 0 aliphatic heterocycles. The minimum Gasteiger partial charge on any atom is -0.497 e. The number of hydrogen-bond acceptors (Lipinski definition) is 4. The van der Waals surface area contributed by atoms with E-state index in [1.54, 1.807) is 36.5 Å². The highest BCUT2D eigenvalue weighted by Crippen LogP contribution is 2.20. The number of rotatable bonds is 5. The molecule has 0 aliphatic carbocycles. The summed E-state index contributed by atoms with van der Waals surface area (Å²) in [6.07, 6.45) is 3.19. The van der Waals surface area contributed by atoms with E-state index >= 15 is 0 Å². The fourth-order valence-corrected chi connectivity index (χ4v) is 1.88. The quantitative estimate of drug-likeness (QED) is 0.898. The molecule has 0 saturated carbocycles. The van der Waals surface area contributed by atoms with Crippen molar-refractivity contribution >= 4 is 11.6 Å². The number of anilines is 1. The number of amides is 1. The van der Waals surface area contributed by atoms with E-state index in [9.17, 15) is 4.79 Å². The van der Waals surface area contributed by atoms with E-state index in [1.807, 2.05) is 24.3 Å². The highest BCUT2D eigenvalue weighted by atomic mass is 16.5. The average Bonchev–Trinajstić information content (AvgIpc) is 2.53. The molecule has 0 spiro atoms. The molecule has 2 N–H and O–H groups in total. The van der Waals surface area contributed by atoms with Crippen LogP contribution in [0.1, 0.15) is 10.4 Å². The van der Waals surface area contributed by atoms with Crippen molar-refractivity contribution in [1.82, 2.24) is 4.98 Å². The SMILES string of the molecule is COc1ccc(N(CCN)C(=O)c2cccnc2)cc1. The Kier molecular flexibility index (Phi) is 4.68. The zero-order valence-corrected chi connectivity index (χ0v) is 11.3. The Balaban J connectivity index is 2.28. The monoisotopic (exact) mass is 271 g/mol. The van der Waals surface area contributed by atoms with E-state index in [0.29, 0.717) is 18.7 Å². The molecule has 104 valence electrons. The maximum absolute atomic E-state index is 12.5. The first-order valence-corrected chi connectivity index (χ1v) is 6.32. The third-order valence-corrected chi connectivity index (χ3v) is 2.89. The fraction of sp³-hybridized carbons (Fsp3) is 0.200. The molecule has 1 amide bonds. The molecule has 0 unspecified atom stereocenters. The van der Waals surface area contributed by atoms with E-state index in [2.05, 4.69) is 4.98 Å². The Morgan fingerprint density at radius 2 is 2.05 bits per heavy atom. The van der Waals surface area contributed by atoms with Crippen LogP contribution in [0.5, 0.6) is 5.75 Å². The van der Waals surface area contributed by atoms with E-state index in [-0.39, 0.29) is 5.91 Å². The molecule has 0 fully saturated rings. The number of pyridine rings is 1. The smallest absolute Gasteiger partial charge is 0.259 e. The lowest BCUT2D eigenvalue weighted by molar-refractivity contribution is 0.0987. The molecule has 0 bridgehead atoms. The van der Waals surface area contributed by atoms with Gasteiger partial charge in [-0.3, -0.25) is 9.78 Å². The molecule has 0 aliphatic rings. The second kappa shape index (κ2) is 6.68. The van der Waals surface area contributed by atoms with Gasteiger partial charge in [0.25, 0.3) is 5.91 Å². The number of benzene rings is 1. The largest absolute Gasteiger partial charge is 0.497 e. The van der Waals surface area contributed by atoms with Crippen molar-refractivity contribution in [2.75, 3.05) is 25.1 Å². The molecule has 1 aromatic carbocycles. The van der Waals surface area contributed by atoms with Crippen LogP contribution in [0.15, 0.2) is 48.8 Å². The molecule has 1 aromatic heterocycles. The Bertz CT molecular complexity index is 555. The first-order chi connectivity index (χ1) is 9.76. The van der Waals surface area contributed by atoms with Crippen LogP contribution in [0, 0.1) is 0 Å². The number of methoxy groups -OCH3 is 1. The number of nitrogens with two attached hydrogens (primary N) is 1. The lowest BCUT2D eigenvalue weighted by Gasteiger charge is -2.22. The van der Waals surface area contributed by atoms with Gasteiger partial charge in [-0.25, -0.2) is 0 Å². The van der Waals surface area contributed by atoms with Crippen molar-refractivity contribution in [3.8, 4) is 5.75 Å². The van der Waals surface area contributed by atoms with Gasteiger partial charge in [-0.15, -0.1) is 0 Å². The second-order valence-corrected chi connectivity index (χ2v) is 4.19. The van der Waals surface area contributed by atoms with Crippen LogP contribution in [0.3, 0.4) is 0 Å². The number of aromatic nitrogens is 1. The van der Waals surface area contributed by atoms with Crippen LogP contribution in [0.4, 0.5) is 5.69 Å². The van der Waals surface area contributed by atoms with Crippen LogP contribution in [0.2, 0.25) is 0 Å². The molecule has 5 heteroatoms. The van der Waals surface area contributed by atoms with Crippen molar-refractivity contribution in [2.45, 2.75) is 0 Å². The summed E-state index contributed by atoms with van der Waals surface area (Å²) in [7, 11) is 1.60. The lowest BCUT2D eigenvalue weighted by atomic mass is 10.2. The summed E-state index contributed by atoms with van der Waals surface area (Å²) < 4.78 is 5.12. The Morgan fingerprint density at radius 1 is 1.30 bits per heavy atom. The third kappa shape index (κ3) is 3.13. The number of carbonyl (C=O) groups is 1. The predicted octanol–water partition coefficient (Wildman–Crippen LogP) is 1.70. The van der Waals surface area contributed by atoms with Crippen molar-refractivity contribution in [1.29, 1.82) is 0 Å². The van der Waals surface area contributed by atoms with Gasteiger partial charge >= 0.3 is 0 Å². The van der Waals surface area contributed by atoms with E-state index in [4.69, 9.17) is 10.5 Å². The van der Waals surface area contributed by atoms with Crippen molar-refractivity contribution < 1.29 is 9.53 Å². The van der Waals surface area contributed by atoms with Gasteiger partial charge in [-0.2, -0.15) is 0 Å². The van der Waals surface area contributed by atoms with Gasteiger partial charge in [0.2, 0.25) is 0 Å². The fourth-order valence-electron chi connectivity index (χ4n) is 1.88. The number of nitrogens with zero attached hydrogens (tertiary/aromatic N) is 2. The van der Waals surface area contributed by atoms with Gasteiger partial charge in [0.1, 0.15) is 5.75 Å². The van der Waals surface area contributed by atoms with Gasteiger partial charge in [0.15, 0.2) is 0 Å². The van der Waals surface area contributed by atoms with Crippen LogP contribution in [0.25, 0.3) is 0 Å². The summed E-state index contributed by atoms with van der Waals surface area (Å²) in [5, 5.41) is 0. The summed E-state index contributed by atoms with van der Waals surface area (Å²) in [4.78, 5) is 18.1. The molecular weight excluding hydrogens is 254 g/mol. The molecule has 20 heavy (non-hydrogen) atoms. The Morgan fingerprint density at radius 3 is 2.60 bits per heavy atom. The van der Waals surface area contributed by atoms with Gasteiger partial charge in [-0.1, -0.05) is 0 Å². The van der Waals surface area contributed by atoms with E-state index < -0.39 is 0 Å². The summed E-state index contributed by atoms with van der Waals surface area (Å²) in [6.45, 7) is 0.831. The zero-order valence-electron chi connectivity index (χ0n) is 11.3. The van der Waals surface area contributed by atoms with Crippen LogP contribution < -0.4 is 15.4 Å². The van der Waals surface area contributed by atoms with Gasteiger partial charge in [-0.05, 0) is 36.4 Å². The molecule has 1 heterocycles. The van der Waals surface area contributed by atoms with Gasteiger partial charge in [0, 0.05) is 31.2 Å². The van der Waals surface area contributed by atoms with Crippen LogP contribution in [-0.2, 0) is 0 Å². The maximum atomic E-state index is 12.5. The predicted molar refractivity (Wildman–Crippen MR) is 78.0 cm³/mol. The first-order valence-electron chi connectivity index (χ1n) is 6.32. The van der Waals surface area contributed by atoms with Crippen molar-refractivity contribution in [2.24, 2.45) is 5.73 Å². The highest BCUT2D eigenvalue weighted by molar-refractivity contribution is 6.05. The molecular formula is C15H17N3O2. The van der Waals surface area contributed by atoms with Gasteiger partial charge in [0.05, 0.1) is 12.7 Å². The Labute approximate surface area is 118 Å². The van der Waals surface area contributed by atoms with Crippen LogP contribution in [-0.4, -0.2) is 31.1 Å². The molecule has 2 rings (SSSR count). The topological polar surface area (TPSA) is 68.5 Å². The molecule has 0 atom stereocenters. The number of hydrogen-bond donors (Lipinski definition) is 1. The van der Waals surface area contributed by atoms with Crippen molar-refractivity contribution in [3.63, 3.8) is 0 Å². The summed E-state index contributed by atoms with van der Waals surface area (Å²) in [5.74, 6) is 0.629. The lowest BCUT2D eigenvalue weighted by Crippen LogP contribution is -2.35. The van der Waals surface area contributed by atoms with Crippen LogP contribution >= 0.6 is 0 Å². The number of ether oxygens (including phenoxy) is 1. The minimum absolute atomic E-state index is 0.117.